The van der Waals surface area contributed by atoms with E-state index in [0.717, 1.165) is 35.9 Å². The smallest absolute Gasteiger partial charge is 0.0653 e. The van der Waals surface area contributed by atoms with Gasteiger partial charge in [0.1, 0.15) is 0 Å². The molecule has 25 heavy (non-hydrogen) atoms. The average Bonchev–Trinajstić information content (AvgIpc) is 3.15. The highest BCUT2D eigenvalue weighted by Gasteiger charge is 2.53. The van der Waals surface area contributed by atoms with Crippen LogP contribution in [0.3, 0.4) is 0 Å². The van der Waals surface area contributed by atoms with Gasteiger partial charge in [0.2, 0.25) is 0 Å². The summed E-state index contributed by atoms with van der Waals surface area (Å²) in [4.78, 5) is 0. The molecule has 2 radical (unpaired) electrons. The Hall–Kier alpha value is 0.0649. The molecule has 0 bridgehead atoms. The second-order valence-corrected chi connectivity index (χ2v) is 10.8. The summed E-state index contributed by atoms with van der Waals surface area (Å²) in [6, 6.07) is 0. The normalized spacial score (nSPS) is 41.6. The quantitative estimate of drug-likeness (QED) is 0.422. The first-order valence-electron chi connectivity index (χ1n) is 11.6. The van der Waals surface area contributed by atoms with Crippen LogP contribution in [-0.2, 0) is 0 Å². The third-order valence-electron chi connectivity index (χ3n) is 9.30. The van der Waals surface area contributed by atoms with E-state index >= 15 is 0 Å². The van der Waals surface area contributed by atoms with Crippen molar-refractivity contribution in [2.75, 3.05) is 0 Å². The van der Waals surface area contributed by atoms with Crippen molar-refractivity contribution in [3.8, 4) is 0 Å². The maximum absolute atomic E-state index is 5.93. The number of fused-ring (bicyclic) bond motifs is 1. The van der Waals surface area contributed by atoms with Gasteiger partial charge in [0, 0.05) is 0 Å². The van der Waals surface area contributed by atoms with Gasteiger partial charge < -0.3 is 0 Å². The van der Waals surface area contributed by atoms with Gasteiger partial charge in [-0.2, -0.15) is 0 Å². The Morgan fingerprint density at radius 3 is 2.40 bits per heavy atom. The summed E-state index contributed by atoms with van der Waals surface area (Å²) in [7, 11) is 5.93. The molecule has 0 aromatic heterocycles. The van der Waals surface area contributed by atoms with Crippen LogP contribution in [-0.4, -0.2) is 7.85 Å². The number of hydrogen-bond acceptors (Lipinski definition) is 0. The summed E-state index contributed by atoms with van der Waals surface area (Å²) < 4.78 is 0. The lowest BCUT2D eigenvalue weighted by Crippen LogP contribution is -2.40. The zero-order valence-electron chi connectivity index (χ0n) is 17.7. The third-order valence-corrected chi connectivity index (χ3v) is 9.30. The van der Waals surface area contributed by atoms with Crippen LogP contribution in [0.25, 0.3) is 0 Å². The molecule has 3 aliphatic carbocycles. The van der Waals surface area contributed by atoms with Crippen LogP contribution in [0.4, 0.5) is 0 Å². The van der Waals surface area contributed by atoms with Crippen LogP contribution in [0.2, 0.25) is 6.32 Å². The highest BCUT2D eigenvalue weighted by atomic mass is 14.6. The maximum atomic E-state index is 5.93. The van der Waals surface area contributed by atoms with Gasteiger partial charge in [0.05, 0.1) is 7.85 Å². The number of hydrogen-bond donors (Lipinski definition) is 0. The van der Waals surface area contributed by atoms with Gasteiger partial charge in [0.15, 0.2) is 0 Å². The minimum absolute atomic E-state index is 0.568. The molecule has 3 aliphatic rings. The molecule has 0 aromatic carbocycles. The zero-order valence-corrected chi connectivity index (χ0v) is 17.7. The van der Waals surface area contributed by atoms with Gasteiger partial charge >= 0.3 is 0 Å². The molecule has 1 heteroatoms. The summed E-state index contributed by atoms with van der Waals surface area (Å²) in [5, 5.41) is 0. The van der Waals surface area contributed by atoms with Crippen LogP contribution in [0, 0.1) is 40.4 Å². The van der Waals surface area contributed by atoms with Crippen LogP contribution in [0.5, 0.6) is 0 Å². The molecule has 3 fully saturated rings. The molecular weight excluding hydrogens is 299 g/mol. The maximum Gasteiger partial charge on any atom is 0.0653 e. The molecule has 0 saturated heterocycles. The lowest BCUT2D eigenvalue weighted by Gasteiger charge is -2.48. The second kappa shape index (κ2) is 7.98. The van der Waals surface area contributed by atoms with Gasteiger partial charge in [-0.3, -0.25) is 0 Å². The van der Waals surface area contributed by atoms with Crippen molar-refractivity contribution in [3.05, 3.63) is 0 Å². The lowest BCUT2D eigenvalue weighted by molar-refractivity contribution is 0.0103. The van der Waals surface area contributed by atoms with Crippen molar-refractivity contribution >= 4 is 7.85 Å². The molecule has 3 rings (SSSR count). The molecule has 0 N–H and O–H groups in total. The van der Waals surface area contributed by atoms with Gasteiger partial charge in [0.25, 0.3) is 0 Å². The van der Waals surface area contributed by atoms with E-state index in [9.17, 15) is 0 Å². The second-order valence-electron chi connectivity index (χ2n) is 10.8. The predicted octanol–water partition coefficient (Wildman–Crippen LogP) is 7.43. The molecule has 0 nitrogen and oxygen atoms in total. The van der Waals surface area contributed by atoms with Crippen molar-refractivity contribution in [3.63, 3.8) is 0 Å². The monoisotopic (exact) mass is 342 g/mol. The molecule has 0 amide bonds. The predicted molar refractivity (Wildman–Crippen MR) is 111 cm³/mol. The van der Waals surface area contributed by atoms with E-state index in [2.05, 4.69) is 27.7 Å². The number of rotatable bonds is 7. The first-order valence-corrected chi connectivity index (χ1v) is 11.6. The first kappa shape index (κ1) is 19.8. The van der Waals surface area contributed by atoms with Crippen LogP contribution in [0.15, 0.2) is 0 Å². The third kappa shape index (κ3) is 3.86. The van der Waals surface area contributed by atoms with E-state index in [1.165, 1.54) is 77.0 Å². The van der Waals surface area contributed by atoms with E-state index in [4.69, 9.17) is 7.85 Å². The summed E-state index contributed by atoms with van der Waals surface area (Å²) in [6.07, 6.45) is 18.5. The zero-order chi connectivity index (χ0) is 18.1. The minimum Gasteiger partial charge on any atom is -0.0884 e. The van der Waals surface area contributed by atoms with Crippen molar-refractivity contribution in [2.45, 2.75) is 111 Å². The highest BCUT2D eigenvalue weighted by Crippen LogP contribution is 2.62. The topological polar surface area (TPSA) is 0 Å². The Balaban J connectivity index is 1.73. The fraction of sp³-hybridized carbons (Fsp3) is 1.00. The van der Waals surface area contributed by atoms with Gasteiger partial charge in [-0.05, 0) is 85.4 Å². The van der Waals surface area contributed by atoms with Crippen molar-refractivity contribution in [1.29, 1.82) is 0 Å². The molecule has 0 aromatic rings. The summed E-state index contributed by atoms with van der Waals surface area (Å²) in [5.74, 6) is 4.86. The van der Waals surface area contributed by atoms with E-state index in [1.807, 2.05) is 0 Å². The van der Waals surface area contributed by atoms with E-state index in [-0.39, 0.29) is 0 Å². The van der Waals surface area contributed by atoms with Crippen molar-refractivity contribution in [2.24, 2.45) is 40.4 Å². The fourth-order valence-corrected chi connectivity index (χ4v) is 7.66. The molecule has 3 saturated carbocycles. The first-order chi connectivity index (χ1) is 11.9. The van der Waals surface area contributed by atoms with Crippen LogP contribution in [0.1, 0.15) is 105 Å². The van der Waals surface area contributed by atoms with E-state index in [0.29, 0.717) is 10.8 Å². The summed E-state index contributed by atoms with van der Waals surface area (Å²) in [6.45, 7) is 10.1. The Labute approximate surface area is 159 Å². The minimum atomic E-state index is 0.568. The van der Waals surface area contributed by atoms with Gasteiger partial charge in [-0.25, -0.2) is 0 Å². The van der Waals surface area contributed by atoms with Crippen molar-refractivity contribution < 1.29 is 0 Å². The van der Waals surface area contributed by atoms with Gasteiger partial charge in [-0.15, -0.1) is 0 Å². The van der Waals surface area contributed by atoms with Crippen LogP contribution < -0.4 is 0 Å². The summed E-state index contributed by atoms with van der Waals surface area (Å²) >= 11 is 0. The van der Waals surface area contributed by atoms with Gasteiger partial charge in [-0.1, -0.05) is 66.1 Å². The van der Waals surface area contributed by atoms with Crippen molar-refractivity contribution in [1.82, 2.24) is 0 Å². The average molecular weight is 342 g/mol. The molecule has 0 heterocycles. The largest absolute Gasteiger partial charge is 0.0884 e. The Morgan fingerprint density at radius 2 is 1.76 bits per heavy atom. The molecular formula is C24H43B. The molecule has 0 spiro atoms. The Bertz CT molecular complexity index is 424. The Morgan fingerprint density at radius 1 is 1.04 bits per heavy atom. The molecule has 142 valence electrons. The van der Waals surface area contributed by atoms with Crippen LogP contribution >= 0.6 is 0 Å². The van der Waals surface area contributed by atoms with E-state index in [1.54, 1.807) is 0 Å². The lowest BCUT2D eigenvalue weighted by atomic mass is 9.57. The highest BCUT2D eigenvalue weighted by molar-refractivity contribution is 6.08. The SMILES string of the molecule is [B]CCC(C)C1(C)CCC2C(CCC)C(CC3(C)CCCC3)CCC21. The molecule has 0 aliphatic heterocycles. The molecule has 6 atom stereocenters. The summed E-state index contributed by atoms with van der Waals surface area (Å²) in [5.41, 5.74) is 1.25. The standard InChI is InChI=1S/C24H43B/c1-5-8-20-19(17-23(3)13-6-7-14-23)9-10-22-21(20)11-15-24(22,4)18(2)12-16-25/h18-22H,5-17H2,1-4H3. The Kier molecular flexibility index (Phi) is 6.32. The fourth-order valence-electron chi connectivity index (χ4n) is 7.66. The van der Waals surface area contributed by atoms with E-state index < -0.39 is 0 Å². The molecule has 6 unspecified atom stereocenters.